The topological polar surface area (TPSA) is 58.2 Å². The van der Waals surface area contributed by atoms with Crippen LogP contribution in [-0.4, -0.2) is 27.0 Å². The van der Waals surface area contributed by atoms with Gasteiger partial charge in [-0.15, -0.1) is 0 Å². The van der Waals surface area contributed by atoms with Crippen LogP contribution in [0.2, 0.25) is 0 Å². The van der Waals surface area contributed by atoms with Gasteiger partial charge < -0.3 is 5.32 Å². The first-order chi connectivity index (χ1) is 8.90. The van der Waals surface area contributed by atoms with E-state index < -0.39 is 15.8 Å². The van der Waals surface area contributed by atoms with Gasteiger partial charge in [-0.2, -0.15) is 0 Å². The first-order valence-corrected chi connectivity index (χ1v) is 7.90. The van der Waals surface area contributed by atoms with Gasteiger partial charge in [0.1, 0.15) is 5.82 Å². The highest BCUT2D eigenvalue weighted by Gasteiger charge is 2.27. The quantitative estimate of drug-likeness (QED) is 0.886. The lowest BCUT2D eigenvalue weighted by atomic mass is 10.0. The van der Waals surface area contributed by atoms with Crippen LogP contribution in [-0.2, 0) is 10.0 Å². The van der Waals surface area contributed by atoms with Crippen molar-refractivity contribution < 1.29 is 12.8 Å². The van der Waals surface area contributed by atoms with Gasteiger partial charge >= 0.3 is 0 Å². The summed E-state index contributed by atoms with van der Waals surface area (Å²) in [6.07, 6.45) is 1.76. The third-order valence-corrected chi connectivity index (χ3v) is 5.14. The summed E-state index contributed by atoms with van der Waals surface area (Å²) in [6.45, 7) is 4.47. The van der Waals surface area contributed by atoms with Gasteiger partial charge in [-0.3, -0.25) is 0 Å². The van der Waals surface area contributed by atoms with E-state index in [0.29, 0.717) is 5.56 Å². The summed E-state index contributed by atoms with van der Waals surface area (Å²) in [7, 11) is -3.60. The van der Waals surface area contributed by atoms with Gasteiger partial charge in [-0.25, -0.2) is 17.5 Å². The fourth-order valence-electron chi connectivity index (χ4n) is 2.38. The lowest BCUT2D eigenvalue weighted by Gasteiger charge is -2.30. The molecule has 1 fully saturated rings. The Morgan fingerprint density at radius 2 is 2.16 bits per heavy atom. The highest BCUT2D eigenvalue weighted by Crippen LogP contribution is 2.18. The van der Waals surface area contributed by atoms with E-state index >= 15 is 0 Å². The van der Waals surface area contributed by atoms with Crippen LogP contribution in [0.5, 0.6) is 0 Å². The van der Waals surface area contributed by atoms with Crippen LogP contribution in [0.4, 0.5) is 4.39 Å². The fourth-order valence-corrected chi connectivity index (χ4v) is 3.96. The maximum atomic E-state index is 13.0. The molecule has 0 amide bonds. The number of halogens is 1. The summed E-state index contributed by atoms with van der Waals surface area (Å²) in [5, 5.41) is 3.24. The van der Waals surface area contributed by atoms with Gasteiger partial charge in [0.05, 0.1) is 4.90 Å². The molecule has 1 saturated heterocycles. The Morgan fingerprint density at radius 1 is 1.42 bits per heavy atom. The normalized spacial score (nSPS) is 24.4. The largest absolute Gasteiger partial charge is 0.313 e. The lowest BCUT2D eigenvalue weighted by molar-refractivity contribution is 0.348. The molecule has 0 saturated carbocycles. The van der Waals surface area contributed by atoms with E-state index in [1.54, 1.807) is 6.92 Å². The molecule has 0 spiro atoms. The van der Waals surface area contributed by atoms with Gasteiger partial charge in [0.15, 0.2) is 0 Å². The van der Waals surface area contributed by atoms with Crippen molar-refractivity contribution in [2.45, 2.75) is 43.7 Å². The van der Waals surface area contributed by atoms with Crippen LogP contribution in [0.3, 0.4) is 0 Å². The number of benzene rings is 1. The number of hydrogen-bond acceptors (Lipinski definition) is 3. The summed E-state index contributed by atoms with van der Waals surface area (Å²) in [6, 6.07) is 3.70. The van der Waals surface area contributed by atoms with E-state index in [2.05, 4.69) is 10.0 Å². The Bertz CT molecular complexity index is 560. The van der Waals surface area contributed by atoms with Crippen molar-refractivity contribution >= 4 is 10.0 Å². The molecular weight excluding hydrogens is 267 g/mol. The average Bonchev–Trinajstić information content (AvgIpc) is 2.31. The molecule has 19 heavy (non-hydrogen) atoms. The lowest BCUT2D eigenvalue weighted by Crippen LogP contribution is -2.51. The zero-order valence-corrected chi connectivity index (χ0v) is 11.9. The predicted molar refractivity (Wildman–Crippen MR) is 71.9 cm³/mol. The predicted octanol–water partition coefficient (Wildman–Crippen LogP) is 1.55. The van der Waals surface area contributed by atoms with Crippen LogP contribution < -0.4 is 10.0 Å². The van der Waals surface area contributed by atoms with E-state index in [1.165, 1.54) is 18.2 Å². The molecule has 0 aliphatic carbocycles. The molecule has 0 aromatic heterocycles. The summed E-state index contributed by atoms with van der Waals surface area (Å²) in [5.74, 6) is -0.427. The zero-order chi connectivity index (χ0) is 14.0. The van der Waals surface area contributed by atoms with Crippen molar-refractivity contribution in [2.75, 3.05) is 6.54 Å². The Hall–Kier alpha value is -0.980. The molecule has 0 bridgehead atoms. The monoisotopic (exact) mass is 286 g/mol. The maximum absolute atomic E-state index is 13.0. The van der Waals surface area contributed by atoms with Crippen molar-refractivity contribution in [3.8, 4) is 0 Å². The van der Waals surface area contributed by atoms with Crippen LogP contribution >= 0.6 is 0 Å². The van der Waals surface area contributed by atoms with Crippen molar-refractivity contribution in [1.29, 1.82) is 0 Å². The summed E-state index contributed by atoms with van der Waals surface area (Å²) in [4.78, 5) is 0.145. The van der Waals surface area contributed by atoms with Crippen LogP contribution in [0.25, 0.3) is 0 Å². The minimum absolute atomic E-state index is 0.101. The van der Waals surface area contributed by atoms with Gasteiger partial charge in [0.25, 0.3) is 0 Å². The SMILES string of the molecule is Cc1cc(F)ccc1S(=O)(=O)N[C@H]1CCCN[C@H]1C. The number of sulfonamides is 1. The molecule has 2 rings (SSSR count). The smallest absolute Gasteiger partial charge is 0.241 e. The molecule has 1 aliphatic rings. The third kappa shape index (κ3) is 3.32. The molecule has 1 aliphatic heterocycles. The Labute approximate surface area is 113 Å². The average molecular weight is 286 g/mol. The van der Waals surface area contributed by atoms with Crippen molar-refractivity contribution in [2.24, 2.45) is 0 Å². The minimum atomic E-state index is -3.60. The van der Waals surface area contributed by atoms with Crippen molar-refractivity contribution in [3.05, 3.63) is 29.6 Å². The molecule has 0 unspecified atom stereocenters. The molecule has 6 heteroatoms. The van der Waals surface area contributed by atoms with E-state index in [-0.39, 0.29) is 17.0 Å². The first-order valence-electron chi connectivity index (χ1n) is 6.42. The molecule has 2 atom stereocenters. The Balaban J connectivity index is 2.22. The number of piperidine rings is 1. The molecular formula is C13H19FN2O2S. The van der Waals surface area contributed by atoms with Gasteiger partial charge in [-0.1, -0.05) is 0 Å². The summed E-state index contributed by atoms with van der Waals surface area (Å²) >= 11 is 0. The molecule has 2 N–H and O–H groups in total. The number of aryl methyl sites for hydroxylation is 1. The second-order valence-corrected chi connectivity index (χ2v) is 6.71. The molecule has 1 heterocycles. The second-order valence-electron chi connectivity index (χ2n) is 5.02. The van der Waals surface area contributed by atoms with E-state index in [9.17, 15) is 12.8 Å². The van der Waals surface area contributed by atoms with E-state index in [0.717, 1.165) is 19.4 Å². The molecule has 0 radical (unpaired) electrons. The Morgan fingerprint density at radius 3 is 2.79 bits per heavy atom. The van der Waals surface area contributed by atoms with Crippen LogP contribution in [0.1, 0.15) is 25.3 Å². The van der Waals surface area contributed by atoms with Crippen LogP contribution in [0, 0.1) is 12.7 Å². The van der Waals surface area contributed by atoms with Crippen molar-refractivity contribution in [3.63, 3.8) is 0 Å². The number of hydrogen-bond donors (Lipinski definition) is 2. The molecule has 4 nitrogen and oxygen atoms in total. The summed E-state index contributed by atoms with van der Waals surface area (Å²) < 4.78 is 40.4. The van der Waals surface area contributed by atoms with E-state index in [4.69, 9.17) is 0 Å². The molecule has 1 aromatic carbocycles. The standard InChI is InChI=1S/C13H19FN2O2S/c1-9-8-11(14)5-6-13(9)19(17,18)16-12-4-3-7-15-10(12)2/h5-6,8,10,12,15-16H,3-4,7H2,1-2H3/t10-,12-/m0/s1. The highest BCUT2D eigenvalue weighted by atomic mass is 32.2. The summed E-state index contributed by atoms with van der Waals surface area (Å²) in [5.41, 5.74) is 0.420. The number of nitrogens with one attached hydrogen (secondary N) is 2. The highest BCUT2D eigenvalue weighted by molar-refractivity contribution is 7.89. The molecule has 106 valence electrons. The Kier molecular flexibility index (Phi) is 4.23. The van der Waals surface area contributed by atoms with Gasteiger partial charge in [0.2, 0.25) is 10.0 Å². The third-order valence-electron chi connectivity index (χ3n) is 3.49. The fraction of sp³-hybridized carbons (Fsp3) is 0.538. The number of rotatable bonds is 3. The first kappa shape index (κ1) is 14.4. The second kappa shape index (κ2) is 5.56. The zero-order valence-electron chi connectivity index (χ0n) is 11.1. The van der Waals surface area contributed by atoms with Gasteiger partial charge in [0, 0.05) is 12.1 Å². The maximum Gasteiger partial charge on any atom is 0.241 e. The minimum Gasteiger partial charge on any atom is -0.313 e. The van der Waals surface area contributed by atoms with E-state index in [1.807, 2.05) is 6.92 Å². The van der Waals surface area contributed by atoms with Gasteiger partial charge in [-0.05, 0) is 57.0 Å². The van der Waals surface area contributed by atoms with Crippen LogP contribution in [0.15, 0.2) is 23.1 Å². The molecule has 1 aromatic rings. The van der Waals surface area contributed by atoms with Crippen molar-refractivity contribution in [1.82, 2.24) is 10.0 Å².